The first-order valence-electron chi connectivity index (χ1n) is 4.77. The van der Waals surface area contributed by atoms with Crippen molar-refractivity contribution in [2.75, 3.05) is 0 Å². The monoisotopic (exact) mass is 278 g/mol. The lowest BCUT2D eigenvalue weighted by Crippen LogP contribution is -2.27. The van der Waals surface area contributed by atoms with Crippen LogP contribution in [0, 0.1) is 20.8 Å². The molecule has 7 heteroatoms. The Bertz CT molecular complexity index is 449. The van der Waals surface area contributed by atoms with Gasteiger partial charge >= 0.3 is 0 Å². The fraction of sp³-hybridized carbons (Fsp3) is 0.400. The van der Waals surface area contributed by atoms with Gasteiger partial charge in [0.05, 0.1) is 10.7 Å². The van der Waals surface area contributed by atoms with E-state index < -0.39 is 12.1 Å². The molecule has 1 atom stereocenters. The summed E-state index contributed by atoms with van der Waals surface area (Å²) in [6.45, 7) is 5.70. The fourth-order valence-electron chi connectivity index (χ4n) is 1.11. The third-order valence-corrected chi connectivity index (χ3v) is 2.92. The molecule has 1 aliphatic heterocycles. The molecule has 17 heavy (non-hydrogen) atoms. The van der Waals surface area contributed by atoms with Gasteiger partial charge in [0.2, 0.25) is 0 Å². The Balaban J connectivity index is 0.000000171. The van der Waals surface area contributed by atoms with Crippen LogP contribution in [0.2, 0.25) is 0 Å². The summed E-state index contributed by atoms with van der Waals surface area (Å²) in [5, 5.41) is 10.7. The highest BCUT2D eigenvalue weighted by Crippen LogP contribution is 2.21. The van der Waals surface area contributed by atoms with E-state index in [-0.39, 0.29) is 10.1 Å². The van der Waals surface area contributed by atoms with E-state index in [1.165, 1.54) is 0 Å². The molecule has 94 valence electrons. The van der Waals surface area contributed by atoms with E-state index in [9.17, 15) is 4.79 Å². The van der Waals surface area contributed by atoms with Crippen LogP contribution in [0.1, 0.15) is 17.3 Å². The standard InChI is InChI=1S/C6H9NO.C4H3Cl2NO2/c1-4-5(2)8-6(3)7-4;5-1-2(6)4(9)7-3(1)8/h1-3H3;3,8H,(H,7,9). The van der Waals surface area contributed by atoms with Gasteiger partial charge in [-0.3, -0.25) is 4.79 Å². The van der Waals surface area contributed by atoms with Crippen LogP contribution < -0.4 is 5.32 Å². The van der Waals surface area contributed by atoms with Gasteiger partial charge in [0.25, 0.3) is 5.91 Å². The van der Waals surface area contributed by atoms with Gasteiger partial charge in [-0.2, -0.15) is 0 Å². The Morgan fingerprint density at radius 3 is 2.06 bits per heavy atom. The summed E-state index contributed by atoms with van der Waals surface area (Å²) in [5.74, 6) is 1.14. The average Bonchev–Trinajstić information content (AvgIpc) is 2.64. The van der Waals surface area contributed by atoms with Crippen LogP contribution in [0.15, 0.2) is 14.5 Å². The summed E-state index contributed by atoms with van der Waals surface area (Å²) in [4.78, 5) is 14.5. The number of nitrogens with one attached hydrogen (secondary N) is 1. The van der Waals surface area contributed by atoms with Gasteiger partial charge in [-0.25, -0.2) is 4.98 Å². The molecule has 0 aromatic carbocycles. The molecule has 0 bridgehead atoms. The third kappa shape index (κ3) is 3.46. The quantitative estimate of drug-likeness (QED) is 0.758. The predicted molar refractivity (Wildman–Crippen MR) is 63.6 cm³/mol. The molecule has 5 nitrogen and oxygen atoms in total. The summed E-state index contributed by atoms with van der Waals surface area (Å²) in [6.07, 6.45) is -1.12. The highest BCUT2D eigenvalue weighted by atomic mass is 35.5. The van der Waals surface area contributed by atoms with Crippen molar-refractivity contribution in [2.24, 2.45) is 0 Å². The van der Waals surface area contributed by atoms with Crippen LogP contribution in [-0.2, 0) is 4.79 Å². The Labute approximate surface area is 108 Å². The number of carbonyl (C=O) groups is 1. The molecule has 2 N–H and O–H groups in total. The molecule has 0 saturated carbocycles. The van der Waals surface area contributed by atoms with Gasteiger partial charge in [0, 0.05) is 6.92 Å². The van der Waals surface area contributed by atoms with Gasteiger partial charge in [0.15, 0.2) is 12.1 Å². The largest absolute Gasteiger partial charge is 0.446 e. The van der Waals surface area contributed by atoms with Gasteiger partial charge in [-0.15, -0.1) is 0 Å². The number of aryl methyl sites for hydroxylation is 3. The smallest absolute Gasteiger partial charge is 0.266 e. The Kier molecular flexibility index (Phi) is 4.56. The number of aliphatic hydroxyl groups excluding tert-OH is 1. The molecular formula is C10H12Cl2N2O3. The first-order valence-corrected chi connectivity index (χ1v) is 5.53. The fourth-order valence-corrected chi connectivity index (χ4v) is 1.41. The summed E-state index contributed by atoms with van der Waals surface area (Å²) in [5.41, 5.74) is 0.988. The third-order valence-electron chi connectivity index (χ3n) is 2.05. The normalized spacial score (nSPS) is 18.9. The van der Waals surface area contributed by atoms with E-state index in [2.05, 4.69) is 10.3 Å². The van der Waals surface area contributed by atoms with Crippen molar-refractivity contribution in [1.82, 2.24) is 10.3 Å². The average molecular weight is 279 g/mol. The molecule has 1 amide bonds. The Morgan fingerprint density at radius 1 is 1.35 bits per heavy atom. The number of nitrogens with zero attached hydrogens (tertiary/aromatic N) is 1. The van der Waals surface area contributed by atoms with E-state index in [0.29, 0.717) is 0 Å². The number of halogens is 2. The molecule has 1 aromatic rings. The maximum absolute atomic E-state index is 10.4. The SMILES string of the molecule is Cc1nc(C)c(C)o1.O=C1NC(O)C(Cl)=C1Cl. The Morgan fingerprint density at radius 2 is 1.94 bits per heavy atom. The summed E-state index contributed by atoms with van der Waals surface area (Å²) in [6, 6.07) is 0. The first-order chi connectivity index (χ1) is 7.82. The molecule has 2 heterocycles. The molecule has 1 aliphatic rings. The van der Waals surface area contributed by atoms with Crippen LogP contribution in [0.25, 0.3) is 0 Å². The second-order valence-corrected chi connectivity index (χ2v) is 4.20. The summed E-state index contributed by atoms with van der Waals surface area (Å²) >= 11 is 10.6. The Hall–Kier alpha value is -1.04. The number of aromatic nitrogens is 1. The summed E-state index contributed by atoms with van der Waals surface area (Å²) in [7, 11) is 0. The van der Waals surface area contributed by atoms with Crippen LogP contribution in [0.4, 0.5) is 0 Å². The molecule has 2 rings (SSSR count). The van der Waals surface area contributed by atoms with Gasteiger partial charge < -0.3 is 14.8 Å². The molecule has 1 aromatic heterocycles. The zero-order valence-corrected chi connectivity index (χ0v) is 11.1. The number of amides is 1. The molecule has 0 spiro atoms. The predicted octanol–water partition coefficient (Wildman–Crippen LogP) is 1.72. The van der Waals surface area contributed by atoms with Crippen molar-refractivity contribution in [2.45, 2.75) is 27.0 Å². The van der Waals surface area contributed by atoms with Gasteiger partial charge in [-0.05, 0) is 13.8 Å². The molecule has 0 aliphatic carbocycles. The van der Waals surface area contributed by atoms with Crippen molar-refractivity contribution < 1.29 is 14.3 Å². The lowest BCUT2D eigenvalue weighted by Gasteiger charge is -1.98. The zero-order valence-electron chi connectivity index (χ0n) is 9.54. The lowest BCUT2D eigenvalue weighted by atomic mass is 10.4. The van der Waals surface area contributed by atoms with Crippen molar-refractivity contribution in [1.29, 1.82) is 0 Å². The van der Waals surface area contributed by atoms with Crippen molar-refractivity contribution >= 4 is 29.1 Å². The highest BCUT2D eigenvalue weighted by molar-refractivity contribution is 6.49. The molecule has 0 saturated heterocycles. The van der Waals surface area contributed by atoms with Gasteiger partial charge in [0.1, 0.15) is 10.8 Å². The number of hydrogen-bond acceptors (Lipinski definition) is 4. The second-order valence-electron chi connectivity index (χ2n) is 3.41. The number of aliphatic hydroxyl groups is 1. The number of rotatable bonds is 0. The highest BCUT2D eigenvalue weighted by Gasteiger charge is 2.27. The first kappa shape index (κ1) is 14.0. The van der Waals surface area contributed by atoms with Crippen LogP contribution in [-0.4, -0.2) is 22.2 Å². The van der Waals surface area contributed by atoms with Crippen molar-refractivity contribution in [3.63, 3.8) is 0 Å². The summed E-state index contributed by atoms with van der Waals surface area (Å²) < 4.78 is 5.10. The van der Waals surface area contributed by atoms with Crippen molar-refractivity contribution in [3.8, 4) is 0 Å². The van der Waals surface area contributed by atoms with Crippen molar-refractivity contribution in [3.05, 3.63) is 27.4 Å². The van der Waals surface area contributed by atoms with Crippen LogP contribution in [0.3, 0.4) is 0 Å². The number of oxazole rings is 1. The van der Waals surface area contributed by atoms with Crippen LogP contribution in [0.5, 0.6) is 0 Å². The number of hydrogen-bond donors (Lipinski definition) is 2. The van der Waals surface area contributed by atoms with E-state index >= 15 is 0 Å². The topological polar surface area (TPSA) is 75.4 Å². The minimum Gasteiger partial charge on any atom is -0.446 e. The minimum atomic E-state index is -1.12. The molecule has 0 radical (unpaired) electrons. The zero-order chi connectivity index (χ0) is 13.2. The second kappa shape index (κ2) is 5.53. The van der Waals surface area contributed by atoms with E-state index in [1.807, 2.05) is 20.8 Å². The maximum atomic E-state index is 10.4. The number of carbonyl (C=O) groups excluding carboxylic acids is 1. The molecular weight excluding hydrogens is 267 g/mol. The molecule has 0 fully saturated rings. The van der Waals surface area contributed by atoms with E-state index in [0.717, 1.165) is 17.3 Å². The van der Waals surface area contributed by atoms with Crippen LogP contribution >= 0.6 is 23.2 Å². The minimum absolute atomic E-state index is 0.0401. The van der Waals surface area contributed by atoms with E-state index in [4.69, 9.17) is 32.7 Å². The molecule has 1 unspecified atom stereocenters. The maximum Gasteiger partial charge on any atom is 0.266 e. The van der Waals surface area contributed by atoms with Gasteiger partial charge in [-0.1, -0.05) is 23.2 Å². The van der Waals surface area contributed by atoms with E-state index in [1.54, 1.807) is 0 Å². The lowest BCUT2D eigenvalue weighted by molar-refractivity contribution is -0.117.